The van der Waals surface area contributed by atoms with Crippen molar-refractivity contribution in [2.45, 2.75) is 44.7 Å². The Balaban J connectivity index is 1.68. The summed E-state index contributed by atoms with van der Waals surface area (Å²) in [6, 6.07) is 10.4. The maximum Gasteiger partial charge on any atom is 0.0401 e. The fraction of sp³-hybridized carbons (Fsp3) is 0.600. The van der Waals surface area contributed by atoms with Gasteiger partial charge in [0.05, 0.1) is 0 Å². The molecule has 1 fully saturated rings. The van der Waals surface area contributed by atoms with Crippen molar-refractivity contribution < 1.29 is 0 Å². The molecule has 1 aliphatic heterocycles. The average molecular weight is 230 g/mol. The Bertz CT molecular complexity index is 384. The molecule has 1 N–H and O–H groups in total. The predicted molar refractivity (Wildman–Crippen MR) is 72.6 cm³/mol. The third kappa shape index (κ3) is 2.47. The molecule has 3 rings (SSSR count). The van der Waals surface area contributed by atoms with Crippen molar-refractivity contribution in [3.8, 4) is 0 Å². The topological polar surface area (TPSA) is 15.3 Å². The maximum absolute atomic E-state index is 3.61. The maximum atomic E-state index is 3.61. The van der Waals surface area contributed by atoms with Crippen LogP contribution >= 0.6 is 0 Å². The number of aryl methyl sites for hydroxylation is 1. The molecule has 1 atom stereocenters. The molecule has 1 aromatic rings. The number of hydrogen-bond acceptors (Lipinski definition) is 2. The SMILES string of the molecule is CC1CCc2ccccc2N1CCNC1CC1. The van der Waals surface area contributed by atoms with Gasteiger partial charge >= 0.3 is 0 Å². The molecule has 92 valence electrons. The number of hydrogen-bond donors (Lipinski definition) is 1. The number of fused-ring (bicyclic) bond motifs is 1. The predicted octanol–water partition coefficient (Wildman–Crippen LogP) is 2.58. The van der Waals surface area contributed by atoms with Crippen LogP contribution in [0.1, 0.15) is 31.7 Å². The summed E-state index contributed by atoms with van der Waals surface area (Å²) >= 11 is 0. The highest BCUT2D eigenvalue weighted by Crippen LogP contribution is 2.30. The Morgan fingerprint density at radius 2 is 2.06 bits per heavy atom. The van der Waals surface area contributed by atoms with Crippen LogP contribution < -0.4 is 10.2 Å². The highest BCUT2D eigenvalue weighted by Gasteiger charge is 2.24. The highest BCUT2D eigenvalue weighted by molar-refractivity contribution is 5.56. The van der Waals surface area contributed by atoms with Gasteiger partial charge in [-0.2, -0.15) is 0 Å². The molecule has 2 heteroatoms. The first-order valence-corrected chi connectivity index (χ1v) is 6.92. The first-order valence-electron chi connectivity index (χ1n) is 6.92. The summed E-state index contributed by atoms with van der Waals surface area (Å²) in [7, 11) is 0. The fourth-order valence-corrected chi connectivity index (χ4v) is 2.78. The van der Waals surface area contributed by atoms with Crippen LogP contribution in [0.3, 0.4) is 0 Å². The summed E-state index contributed by atoms with van der Waals surface area (Å²) in [4.78, 5) is 2.58. The second-order valence-corrected chi connectivity index (χ2v) is 5.44. The van der Waals surface area contributed by atoms with Gasteiger partial charge in [0.25, 0.3) is 0 Å². The molecule has 0 radical (unpaired) electrons. The van der Waals surface area contributed by atoms with Gasteiger partial charge in [-0.3, -0.25) is 0 Å². The van der Waals surface area contributed by atoms with Crippen LogP contribution in [0.25, 0.3) is 0 Å². The zero-order valence-corrected chi connectivity index (χ0v) is 10.7. The molecule has 0 aromatic heterocycles. The van der Waals surface area contributed by atoms with Crippen molar-refractivity contribution in [2.24, 2.45) is 0 Å². The van der Waals surface area contributed by atoms with Crippen LogP contribution in [0.2, 0.25) is 0 Å². The quantitative estimate of drug-likeness (QED) is 0.855. The lowest BCUT2D eigenvalue weighted by Crippen LogP contribution is -2.41. The number of nitrogens with zero attached hydrogens (tertiary/aromatic N) is 1. The van der Waals surface area contributed by atoms with Gasteiger partial charge in [-0.15, -0.1) is 0 Å². The molecule has 1 aliphatic carbocycles. The lowest BCUT2D eigenvalue weighted by molar-refractivity contribution is 0.543. The second-order valence-electron chi connectivity index (χ2n) is 5.44. The number of nitrogens with one attached hydrogen (secondary N) is 1. The molecule has 1 unspecified atom stereocenters. The van der Waals surface area contributed by atoms with E-state index in [0.29, 0.717) is 6.04 Å². The minimum atomic E-state index is 0.686. The van der Waals surface area contributed by atoms with Crippen molar-refractivity contribution in [3.63, 3.8) is 0 Å². The lowest BCUT2D eigenvalue weighted by atomic mass is 9.97. The van der Waals surface area contributed by atoms with E-state index in [4.69, 9.17) is 0 Å². The molecule has 2 nitrogen and oxygen atoms in total. The van der Waals surface area contributed by atoms with E-state index in [9.17, 15) is 0 Å². The smallest absolute Gasteiger partial charge is 0.0401 e. The van der Waals surface area contributed by atoms with E-state index in [1.165, 1.54) is 36.9 Å². The van der Waals surface area contributed by atoms with E-state index in [1.807, 2.05) is 0 Å². The molecule has 1 heterocycles. The summed E-state index contributed by atoms with van der Waals surface area (Å²) in [5, 5.41) is 3.61. The zero-order chi connectivity index (χ0) is 11.7. The fourth-order valence-electron chi connectivity index (χ4n) is 2.78. The van der Waals surface area contributed by atoms with Crippen LogP contribution in [0.4, 0.5) is 5.69 Å². The van der Waals surface area contributed by atoms with Gasteiger partial charge < -0.3 is 10.2 Å². The third-order valence-corrected chi connectivity index (χ3v) is 4.03. The van der Waals surface area contributed by atoms with Crippen LogP contribution in [-0.4, -0.2) is 25.2 Å². The van der Waals surface area contributed by atoms with E-state index in [-0.39, 0.29) is 0 Å². The third-order valence-electron chi connectivity index (χ3n) is 4.03. The molecule has 2 aliphatic rings. The Labute approximate surface area is 104 Å². The molecule has 0 amide bonds. The van der Waals surface area contributed by atoms with Crippen LogP contribution in [0.5, 0.6) is 0 Å². The molecule has 1 saturated carbocycles. The number of benzene rings is 1. The van der Waals surface area contributed by atoms with Crippen molar-refractivity contribution in [1.29, 1.82) is 0 Å². The molecule has 17 heavy (non-hydrogen) atoms. The Kier molecular flexibility index (Phi) is 3.06. The van der Waals surface area contributed by atoms with Gasteiger partial charge in [0.1, 0.15) is 0 Å². The van der Waals surface area contributed by atoms with Gasteiger partial charge in [-0.05, 0) is 44.2 Å². The normalized spacial score (nSPS) is 23.6. The van der Waals surface area contributed by atoms with E-state index in [2.05, 4.69) is 41.4 Å². The van der Waals surface area contributed by atoms with E-state index in [0.717, 1.165) is 19.1 Å². The van der Waals surface area contributed by atoms with Gasteiger partial charge in [0.15, 0.2) is 0 Å². The standard InChI is InChI=1S/C15H22N2/c1-12-6-7-13-4-2-3-5-15(13)17(12)11-10-16-14-8-9-14/h2-5,12,14,16H,6-11H2,1H3. The monoisotopic (exact) mass is 230 g/mol. The van der Waals surface area contributed by atoms with Gasteiger partial charge in [0, 0.05) is 30.9 Å². The van der Waals surface area contributed by atoms with Gasteiger partial charge in [-0.1, -0.05) is 18.2 Å². The molecular formula is C15H22N2. The average Bonchev–Trinajstić information content (AvgIpc) is 3.16. The van der Waals surface area contributed by atoms with Gasteiger partial charge in [0.2, 0.25) is 0 Å². The highest BCUT2D eigenvalue weighted by atomic mass is 15.2. The van der Waals surface area contributed by atoms with Crippen molar-refractivity contribution in [3.05, 3.63) is 29.8 Å². The minimum Gasteiger partial charge on any atom is -0.367 e. The van der Waals surface area contributed by atoms with Crippen molar-refractivity contribution in [2.75, 3.05) is 18.0 Å². The molecule has 0 bridgehead atoms. The summed E-state index contributed by atoms with van der Waals surface area (Å²) in [6.45, 7) is 4.63. The van der Waals surface area contributed by atoms with Crippen LogP contribution in [0, 0.1) is 0 Å². The van der Waals surface area contributed by atoms with Crippen LogP contribution in [0.15, 0.2) is 24.3 Å². The Morgan fingerprint density at radius 1 is 1.24 bits per heavy atom. The summed E-state index contributed by atoms with van der Waals surface area (Å²) in [6.07, 6.45) is 5.29. The van der Waals surface area contributed by atoms with E-state index < -0.39 is 0 Å². The number of anilines is 1. The molecular weight excluding hydrogens is 208 g/mol. The summed E-state index contributed by atoms with van der Waals surface area (Å²) in [5.41, 5.74) is 2.99. The molecule has 0 spiro atoms. The van der Waals surface area contributed by atoms with Crippen LogP contribution in [-0.2, 0) is 6.42 Å². The summed E-state index contributed by atoms with van der Waals surface area (Å²) < 4.78 is 0. The zero-order valence-electron chi connectivity index (χ0n) is 10.7. The van der Waals surface area contributed by atoms with Crippen molar-refractivity contribution in [1.82, 2.24) is 5.32 Å². The first kappa shape index (κ1) is 11.1. The van der Waals surface area contributed by atoms with Gasteiger partial charge in [-0.25, -0.2) is 0 Å². The summed E-state index contributed by atoms with van der Waals surface area (Å²) in [5.74, 6) is 0. The number of para-hydroxylation sites is 1. The first-order chi connectivity index (χ1) is 8.34. The number of rotatable bonds is 4. The van der Waals surface area contributed by atoms with Crippen molar-refractivity contribution >= 4 is 5.69 Å². The van der Waals surface area contributed by atoms with E-state index in [1.54, 1.807) is 0 Å². The van der Waals surface area contributed by atoms with E-state index >= 15 is 0 Å². The second kappa shape index (κ2) is 4.69. The largest absolute Gasteiger partial charge is 0.367 e. The Hall–Kier alpha value is -1.02. The minimum absolute atomic E-state index is 0.686. The Morgan fingerprint density at radius 3 is 2.88 bits per heavy atom. The lowest BCUT2D eigenvalue weighted by Gasteiger charge is -2.37. The molecule has 0 saturated heterocycles. The molecule has 1 aromatic carbocycles.